The van der Waals surface area contributed by atoms with Crippen LogP contribution in [0.2, 0.25) is 0 Å². The molecule has 3 N–H and O–H groups in total. The van der Waals surface area contributed by atoms with Gasteiger partial charge in [-0.2, -0.15) is 0 Å². The average molecular weight is 261 g/mol. The summed E-state index contributed by atoms with van der Waals surface area (Å²) < 4.78 is 13.2. The van der Waals surface area contributed by atoms with Crippen molar-refractivity contribution in [3.8, 4) is 0 Å². The number of carbonyl (C=O) groups excluding carboxylic acids is 1. The largest absolute Gasteiger partial charge is 0.352 e. The van der Waals surface area contributed by atoms with Crippen LogP contribution in [-0.4, -0.2) is 18.5 Å². The lowest BCUT2D eigenvalue weighted by Gasteiger charge is -2.07. The molecule has 1 aromatic rings. The second kappa shape index (κ2) is 7.25. The molecular weight excluding hydrogens is 243 g/mol. The van der Waals surface area contributed by atoms with E-state index in [0.29, 0.717) is 24.1 Å². The second-order valence-electron chi connectivity index (χ2n) is 3.99. The maximum Gasteiger partial charge on any atom is 0.251 e. The van der Waals surface area contributed by atoms with E-state index in [0.717, 1.165) is 0 Å². The number of amides is 1. The zero-order valence-electron chi connectivity index (χ0n) is 10.00. The quantitative estimate of drug-likeness (QED) is 0.870. The minimum Gasteiger partial charge on any atom is -0.352 e. The Hall–Kier alpha value is -1.13. The maximum absolute atomic E-state index is 13.2. The van der Waals surface area contributed by atoms with Crippen LogP contribution in [0.3, 0.4) is 0 Å². The van der Waals surface area contributed by atoms with E-state index in [1.54, 1.807) is 19.1 Å². The highest BCUT2D eigenvalue weighted by atomic mass is 35.5. The van der Waals surface area contributed by atoms with Gasteiger partial charge in [-0.05, 0) is 38.0 Å². The summed E-state index contributed by atoms with van der Waals surface area (Å²) in [6.07, 6.45) is 0.708. The average Bonchev–Trinajstić information content (AvgIpc) is 2.21. The molecule has 0 saturated heterocycles. The van der Waals surface area contributed by atoms with Gasteiger partial charge in [0.1, 0.15) is 5.82 Å². The van der Waals surface area contributed by atoms with Crippen molar-refractivity contribution in [2.75, 3.05) is 6.54 Å². The highest BCUT2D eigenvalue weighted by molar-refractivity contribution is 5.94. The van der Waals surface area contributed by atoms with E-state index in [1.165, 1.54) is 6.07 Å². The molecule has 17 heavy (non-hydrogen) atoms. The molecule has 1 atom stereocenters. The Morgan fingerprint density at radius 3 is 2.71 bits per heavy atom. The van der Waals surface area contributed by atoms with Crippen molar-refractivity contribution in [1.29, 1.82) is 0 Å². The third-order valence-corrected chi connectivity index (χ3v) is 2.32. The van der Waals surface area contributed by atoms with Crippen LogP contribution in [0.25, 0.3) is 0 Å². The number of nitrogens with two attached hydrogens (primary N) is 1. The molecule has 1 aromatic carbocycles. The lowest BCUT2D eigenvalue weighted by atomic mass is 10.1. The molecule has 96 valence electrons. The van der Waals surface area contributed by atoms with Crippen LogP contribution in [0, 0.1) is 12.7 Å². The van der Waals surface area contributed by atoms with Gasteiger partial charge in [-0.1, -0.05) is 6.07 Å². The van der Waals surface area contributed by atoms with Gasteiger partial charge >= 0.3 is 0 Å². The number of carbonyl (C=O) groups is 1. The summed E-state index contributed by atoms with van der Waals surface area (Å²) >= 11 is 0. The van der Waals surface area contributed by atoms with Crippen LogP contribution in [-0.2, 0) is 0 Å². The maximum atomic E-state index is 13.2. The predicted octanol–water partition coefficient (Wildman–Crippen LogP) is 2.02. The first-order valence-corrected chi connectivity index (χ1v) is 5.30. The predicted molar refractivity (Wildman–Crippen MR) is 69.0 cm³/mol. The van der Waals surface area contributed by atoms with Gasteiger partial charge in [-0.3, -0.25) is 4.79 Å². The van der Waals surface area contributed by atoms with Crippen molar-refractivity contribution in [2.24, 2.45) is 5.73 Å². The molecule has 0 heterocycles. The molecule has 0 aliphatic heterocycles. The molecule has 0 fully saturated rings. The van der Waals surface area contributed by atoms with E-state index in [9.17, 15) is 9.18 Å². The van der Waals surface area contributed by atoms with Crippen molar-refractivity contribution in [1.82, 2.24) is 5.32 Å². The number of nitrogens with one attached hydrogen (secondary N) is 1. The van der Waals surface area contributed by atoms with E-state index in [2.05, 4.69) is 5.32 Å². The van der Waals surface area contributed by atoms with Crippen LogP contribution >= 0.6 is 12.4 Å². The topological polar surface area (TPSA) is 55.1 Å². The molecule has 0 aliphatic rings. The van der Waals surface area contributed by atoms with Gasteiger partial charge < -0.3 is 11.1 Å². The van der Waals surface area contributed by atoms with Crippen LogP contribution in [0.4, 0.5) is 4.39 Å². The number of halogens is 2. The first-order chi connectivity index (χ1) is 7.50. The fraction of sp³-hybridized carbons (Fsp3) is 0.417. The second-order valence-corrected chi connectivity index (χ2v) is 3.99. The first kappa shape index (κ1) is 15.9. The van der Waals surface area contributed by atoms with Gasteiger partial charge in [0, 0.05) is 18.2 Å². The summed E-state index contributed by atoms with van der Waals surface area (Å²) in [5.41, 5.74) is 6.42. The zero-order chi connectivity index (χ0) is 12.1. The van der Waals surface area contributed by atoms with Gasteiger partial charge in [0.15, 0.2) is 0 Å². The Morgan fingerprint density at radius 1 is 1.53 bits per heavy atom. The van der Waals surface area contributed by atoms with E-state index in [1.807, 2.05) is 6.92 Å². The lowest BCUT2D eigenvalue weighted by Crippen LogP contribution is -2.29. The zero-order valence-corrected chi connectivity index (χ0v) is 10.8. The molecular formula is C12H18ClFN2O. The van der Waals surface area contributed by atoms with Crippen molar-refractivity contribution in [2.45, 2.75) is 26.3 Å². The molecule has 3 nitrogen and oxygen atoms in total. The number of rotatable bonds is 4. The molecule has 1 rings (SSSR count). The summed E-state index contributed by atoms with van der Waals surface area (Å²) in [5.74, 6) is -0.626. The molecule has 0 aliphatic carbocycles. The van der Waals surface area contributed by atoms with Crippen molar-refractivity contribution >= 4 is 18.3 Å². The van der Waals surface area contributed by atoms with Crippen molar-refractivity contribution in [3.63, 3.8) is 0 Å². The van der Waals surface area contributed by atoms with E-state index < -0.39 is 0 Å². The molecule has 1 amide bonds. The standard InChI is InChI=1S/C12H17FN2O.ClH/c1-8-3-4-10(7-11(8)13)12(16)15-6-5-9(2)14;/h3-4,7,9H,5-6,14H2,1-2H3,(H,15,16);1H. The normalized spacial score (nSPS) is 11.5. The third kappa shape index (κ3) is 5.15. The summed E-state index contributed by atoms with van der Waals surface area (Å²) in [4.78, 5) is 11.6. The minimum atomic E-state index is -0.361. The Bertz CT molecular complexity index is 383. The smallest absolute Gasteiger partial charge is 0.251 e. The first-order valence-electron chi connectivity index (χ1n) is 5.30. The fourth-order valence-corrected chi connectivity index (χ4v) is 1.25. The highest BCUT2D eigenvalue weighted by Gasteiger charge is 2.07. The van der Waals surface area contributed by atoms with Gasteiger partial charge in [-0.25, -0.2) is 4.39 Å². The fourth-order valence-electron chi connectivity index (χ4n) is 1.25. The van der Waals surface area contributed by atoms with Crippen LogP contribution in [0.15, 0.2) is 18.2 Å². The van der Waals surface area contributed by atoms with Gasteiger partial charge in [0.05, 0.1) is 0 Å². The molecule has 1 unspecified atom stereocenters. The molecule has 0 radical (unpaired) electrons. The van der Waals surface area contributed by atoms with Crippen molar-refractivity contribution in [3.05, 3.63) is 35.1 Å². The van der Waals surface area contributed by atoms with E-state index in [4.69, 9.17) is 5.73 Å². The SMILES string of the molecule is Cc1ccc(C(=O)NCCC(C)N)cc1F.Cl. The van der Waals surface area contributed by atoms with E-state index in [-0.39, 0.29) is 30.2 Å². The number of benzene rings is 1. The van der Waals surface area contributed by atoms with Crippen LogP contribution in [0.5, 0.6) is 0 Å². The molecule has 0 bridgehead atoms. The number of hydrogen-bond acceptors (Lipinski definition) is 2. The Morgan fingerprint density at radius 2 is 2.18 bits per heavy atom. The van der Waals surface area contributed by atoms with Crippen LogP contribution < -0.4 is 11.1 Å². The minimum absolute atomic E-state index is 0. The molecule has 0 spiro atoms. The van der Waals surface area contributed by atoms with E-state index >= 15 is 0 Å². The summed E-state index contributed by atoms with van der Waals surface area (Å²) in [5, 5.41) is 2.69. The molecule has 0 saturated carbocycles. The Kier molecular flexibility index (Phi) is 6.76. The highest BCUT2D eigenvalue weighted by Crippen LogP contribution is 2.08. The Labute approximate surface area is 107 Å². The van der Waals surface area contributed by atoms with Crippen molar-refractivity contribution < 1.29 is 9.18 Å². The van der Waals surface area contributed by atoms with Crippen LogP contribution in [0.1, 0.15) is 29.3 Å². The van der Waals surface area contributed by atoms with Gasteiger partial charge in [0.25, 0.3) is 5.91 Å². The lowest BCUT2D eigenvalue weighted by molar-refractivity contribution is 0.0952. The summed E-state index contributed by atoms with van der Waals surface area (Å²) in [6.45, 7) is 4.04. The monoisotopic (exact) mass is 260 g/mol. The van der Waals surface area contributed by atoms with Gasteiger partial charge in [0.2, 0.25) is 0 Å². The van der Waals surface area contributed by atoms with Gasteiger partial charge in [-0.15, -0.1) is 12.4 Å². The number of hydrogen-bond donors (Lipinski definition) is 2. The number of aryl methyl sites for hydroxylation is 1. The third-order valence-electron chi connectivity index (χ3n) is 2.32. The molecule has 5 heteroatoms. The Balaban J connectivity index is 0.00000256. The molecule has 0 aromatic heterocycles. The summed E-state index contributed by atoms with van der Waals surface area (Å²) in [6, 6.07) is 4.50. The summed E-state index contributed by atoms with van der Waals surface area (Å²) in [7, 11) is 0.